The first-order chi connectivity index (χ1) is 13.3. The van der Waals surface area contributed by atoms with Crippen molar-refractivity contribution in [2.24, 2.45) is 0 Å². The summed E-state index contributed by atoms with van der Waals surface area (Å²) in [7, 11) is 1.58. The van der Waals surface area contributed by atoms with E-state index in [0.717, 1.165) is 34.7 Å². The first-order valence-corrected chi connectivity index (χ1v) is 8.55. The van der Waals surface area contributed by atoms with Crippen LogP contribution < -0.4 is 19.5 Å². The van der Waals surface area contributed by atoms with Crippen molar-refractivity contribution >= 4 is 17.7 Å². The number of anilines is 2. The lowest BCUT2D eigenvalue weighted by Gasteiger charge is -2.21. The number of para-hydroxylation sites is 1. The van der Waals surface area contributed by atoms with Gasteiger partial charge in [-0.3, -0.25) is 4.79 Å². The number of nitrogens with zero attached hydrogens (tertiary/aromatic N) is 1. The van der Waals surface area contributed by atoms with Gasteiger partial charge in [-0.05, 0) is 48.5 Å². The SMILES string of the molecule is COc1nc(-c2cccc3c2OCCO3)ccc1Nc1ccc(C=O)cc1. The number of rotatable bonds is 5. The average Bonchev–Trinajstić information content (AvgIpc) is 2.74. The van der Waals surface area contributed by atoms with Gasteiger partial charge in [0.2, 0.25) is 5.88 Å². The van der Waals surface area contributed by atoms with Crippen molar-refractivity contribution in [1.29, 1.82) is 0 Å². The summed E-state index contributed by atoms with van der Waals surface area (Å²) in [6, 6.07) is 16.7. The first kappa shape index (κ1) is 16.9. The molecule has 0 amide bonds. The third-order valence-corrected chi connectivity index (χ3v) is 4.22. The minimum Gasteiger partial charge on any atom is -0.486 e. The van der Waals surface area contributed by atoms with E-state index in [-0.39, 0.29) is 0 Å². The van der Waals surface area contributed by atoms with Crippen molar-refractivity contribution in [3.8, 4) is 28.6 Å². The Morgan fingerprint density at radius 1 is 1.04 bits per heavy atom. The van der Waals surface area contributed by atoms with Gasteiger partial charge in [-0.15, -0.1) is 0 Å². The predicted molar refractivity (Wildman–Crippen MR) is 102 cm³/mol. The number of nitrogens with one attached hydrogen (secondary N) is 1. The van der Waals surface area contributed by atoms with E-state index in [2.05, 4.69) is 10.3 Å². The molecule has 1 aromatic heterocycles. The molecule has 1 N–H and O–H groups in total. The summed E-state index contributed by atoms with van der Waals surface area (Å²) in [5.74, 6) is 1.88. The van der Waals surface area contributed by atoms with E-state index < -0.39 is 0 Å². The fourth-order valence-electron chi connectivity index (χ4n) is 2.92. The molecule has 6 nitrogen and oxygen atoms in total. The molecule has 0 unspecified atom stereocenters. The molecule has 0 radical (unpaired) electrons. The number of hydrogen-bond acceptors (Lipinski definition) is 6. The summed E-state index contributed by atoms with van der Waals surface area (Å²) >= 11 is 0. The normalized spacial score (nSPS) is 12.3. The quantitative estimate of drug-likeness (QED) is 0.690. The van der Waals surface area contributed by atoms with Crippen LogP contribution in [0.4, 0.5) is 11.4 Å². The number of fused-ring (bicyclic) bond motifs is 1. The molecular weight excluding hydrogens is 344 g/mol. The Morgan fingerprint density at radius 2 is 1.85 bits per heavy atom. The molecule has 0 aliphatic carbocycles. The minimum atomic E-state index is 0.460. The minimum absolute atomic E-state index is 0.460. The topological polar surface area (TPSA) is 69.7 Å². The van der Waals surface area contributed by atoms with E-state index in [4.69, 9.17) is 14.2 Å². The highest BCUT2D eigenvalue weighted by molar-refractivity contribution is 5.77. The lowest BCUT2D eigenvalue weighted by Crippen LogP contribution is -2.16. The Labute approximate surface area is 156 Å². The van der Waals surface area contributed by atoms with Gasteiger partial charge in [0, 0.05) is 16.8 Å². The number of carbonyl (C=O) groups is 1. The molecule has 2 aromatic carbocycles. The molecule has 136 valence electrons. The summed E-state index contributed by atoms with van der Waals surface area (Å²) in [4.78, 5) is 15.4. The van der Waals surface area contributed by atoms with Gasteiger partial charge in [0.05, 0.1) is 12.8 Å². The lowest BCUT2D eigenvalue weighted by atomic mass is 10.1. The number of pyridine rings is 1. The second kappa shape index (κ2) is 7.37. The second-order valence-electron chi connectivity index (χ2n) is 5.95. The molecule has 1 aliphatic heterocycles. The van der Waals surface area contributed by atoms with E-state index in [0.29, 0.717) is 30.4 Å². The van der Waals surface area contributed by atoms with Crippen molar-refractivity contribution in [2.45, 2.75) is 0 Å². The van der Waals surface area contributed by atoms with Gasteiger partial charge in [0.15, 0.2) is 11.5 Å². The fourth-order valence-corrected chi connectivity index (χ4v) is 2.92. The zero-order valence-electron chi connectivity index (χ0n) is 14.8. The maximum Gasteiger partial charge on any atom is 0.238 e. The first-order valence-electron chi connectivity index (χ1n) is 8.55. The average molecular weight is 362 g/mol. The molecule has 27 heavy (non-hydrogen) atoms. The monoisotopic (exact) mass is 362 g/mol. The number of carbonyl (C=O) groups excluding carboxylic acids is 1. The maximum absolute atomic E-state index is 10.8. The number of aromatic nitrogens is 1. The van der Waals surface area contributed by atoms with Gasteiger partial charge >= 0.3 is 0 Å². The Hall–Kier alpha value is -3.54. The highest BCUT2D eigenvalue weighted by Gasteiger charge is 2.18. The van der Waals surface area contributed by atoms with E-state index in [9.17, 15) is 4.79 Å². The Kier molecular flexibility index (Phi) is 4.61. The molecule has 0 saturated carbocycles. The molecule has 3 aromatic rings. The van der Waals surface area contributed by atoms with E-state index >= 15 is 0 Å². The van der Waals surface area contributed by atoms with Crippen LogP contribution in [0.2, 0.25) is 0 Å². The summed E-state index contributed by atoms with van der Waals surface area (Å²) in [5.41, 5.74) is 3.77. The van der Waals surface area contributed by atoms with Gasteiger partial charge in [0.25, 0.3) is 0 Å². The molecule has 0 bridgehead atoms. The Balaban J connectivity index is 1.66. The van der Waals surface area contributed by atoms with Crippen molar-refractivity contribution in [3.63, 3.8) is 0 Å². The van der Waals surface area contributed by atoms with Crippen LogP contribution in [0.1, 0.15) is 10.4 Å². The number of benzene rings is 2. The molecular formula is C21H18N2O4. The highest BCUT2D eigenvalue weighted by Crippen LogP contribution is 2.40. The van der Waals surface area contributed by atoms with Crippen LogP contribution in [0.3, 0.4) is 0 Å². The van der Waals surface area contributed by atoms with Crippen molar-refractivity contribution < 1.29 is 19.0 Å². The van der Waals surface area contributed by atoms with Crippen LogP contribution in [-0.4, -0.2) is 31.6 Å². The van der Waals surface area contributed by atoms with Crippen LogP contribution >= 0.6 is 0 Å². The number of methoxy groups -OCH3 is 1. The number of aldehydes is 1. The summed E-state index contributed by atoms with van der Waals surface area (Å²) < 4.78 is 16.9. The fraction of sp³-hybridized carbons (Fsp3) is 0.143. The Morgan fingerprint density at radius 3 is 2.63 bits per heavy atom. The van der Waals surface area contributed by atoms with Crippen LogP contribution in [-0.2, 0) is 0 Å². The van der Waals surface area contributed by atoms with Crippen LogP contribution in [0.15, 0.2) is 54.6 Å². The van der Waals surface area contributed by atoms with Crippen LogP contribution in [0.5, 0.6) is 17.4 Å². The van der Waals surface area contributed by atoms with E-state index in [1.165, 1.54) is 0 Å². The standard InChI is InChI=1S/C21H18N2O4/c1-25-21-18(22-15-7-5-14(13-24)6-8-15)10-9-17(23-21)16-3-2-4-19-20(16)27-12-11-26-19/h2-10,13,22H,11-12H2,1H3. The Bertz CT molecular complexity index is 970. The molecule has 2 heterocycles. The highest BCUT2D eigenvalue weighted by atomic mass is 16.6. The maximum atomic E-state index is 10.8. The van der Waals surface area contributed by atoms with Gasteiger partial charge in [-0.1, -0.05) is 6.07 Å². The smallest absolute Gasteiger partial charge is 0.238 e. The molecule has 0 saturated heterocycles. The predicted octanol–water partition coefficient (Wildman–Crippen LogP) is 4.08. The van der Waals surface area contributed by atoms with Crippen molar-refractivity contribution in [2.75, 3.05) is 25.6 Å². The molecule has 1 aliphatic rings. The van der Waals surface area contributed by atoms with Gasteiger partial charge in [0.1, 0.15) is 25.2 Å². The van der Waals surface area contributed by atoms with Crippen molar-refractivity contribution in [1.82, 2.24) is 4.98 Å². The van der Waals surface area contributed by atoms with Crippen LogP contribution in [0.25, 0.3) is 11.3 Å². The van der Waals surface area contributed by atoms with Gasteiger partial charge < -0.3 is 19.5 Å². The van der Waals surface area contributed by atoms with Crippen LogP contribution in [0, 0.1) is 0 Å². The van der Waals surface area contributed by atoms with Crippen molar-refractivity contribution in [3.05, 3.63) is 60.2 Å². The second-order valence-corrected chi connectivity index (χ2v) is 5.95. The zero-order chi connectivity index (χ0) is 18.6. The number of hydrogen-bond donors (Lipinski definition) is 1. The molecule has 0 fully saturated rings. The summed E-state index contributed by atoms with van der Waals surface area (Å²) in [6.45, 7) is 1.05. The molecule has 0 atom stereocenters. The summed E-state index contributed by atoms with van der Waals surface area (Å²) in [6.07, 6.45) is 0.813. The van der Waals surface area contributed by atoms with E-state index in [1.54, 1.807) is 19.2 Å². The van der Waals surface area contributed by atoms with E-state index in [1.807, 2.05) is 42.5 Å². The third kappa shape index (κ3) is 3.42. The third-order valence-electron chi connectivity index (χ3n) is 4.22. The molecule has 4 rings (SSSR count). The molecule has 0 spiro atoms. The molecule has 6 heteroatoms. The van der Waals surface area contributed by atoms with Gasteiger partial charge in [-0.25, -0.2) is 4.98 Å². The van der Waals surface area contributed by atoms with Gasteiger partial charge in [-0.2, -0.15) is 0 Å². The summed E-state index contributed by atoms with van der Waals surface area (Å²) in [5, 5.41) is 3.26. The largest absolute Gasteiger partial charge is 0.486 e. The number of ether oxygens (including phenoxy) is 3. The lowest BCUT2D eigenvalue weighted by molar-refractivity contribution is 0.112. The zero-order valence-corrected chi connectivity index (χ0v) is 14.8.